The van der Waals surface area contributed by atoms with Crippen molar-refractivity contribution in [2.24, 2.45) is 0 Å². The number of aliphatic hydroxyl groups is 2. The molecule has 0 aromatic heterocycles. The summed E-state index contributed by atoms with van der Waals surface area (Å²) in [6.07, 6.45) is 4.00. The molecule has 2 atom stereocenters. The Morgan fingerprint density at radius 3 is 1.30 bits per heavy atom. The van der Waals surface area contributed by atoms with E-state index in [9.17, 15) is 10.2 Å². The van der Waals surface area contributed by atoms with Gasteiger partial charge in [0.05, 0.1) is 12.2 Å². The fourth-order valence-electron chi connectivity index (χ4n) is 2.78. The van der Waals surface area contributed by atoms with E-state index in [1.165, 1.54) is 11.1 Å². The molecule has 2 unspecified atom stereocenters. The molecule has 0 aliphatic carbocycles. The van der Waals surface area contributed by atoms with Gasteiger partial charge in [0, 0.05) is 0 Å². The van der Waals surface area contributed by atoms with E-state index < -0.39 is 0 Å². The van der Waals surface area contributed by atoms with Crippen LogP contribution in [0.5, 0.6) is 0 Å². The van der Waals surface area contributed by atoms with E-state index in [1.807, 2.05) is 38.1 Å². The highest BCUT2D eigenvalue weighted by Gasteiger charge is 2.05. The number of rotatable bonds is 8. The first-order valence-electron chi connectivity index (χ1n) is 8.67. The van der Waals surface area contributed by atoms with Crippen LogP contribution in [0.3, 0.4) is 0 Å². The normalized spacial score (nSPS) is 13.7. The van der Waals surface area contributed by atoms with Crippen molar-refractivity contribution in [2.45, 2.75) is 58.2 Å². The van der Waals surface area contributed by atoms with Gasteiger partial charge in [0.1, 0.15) is 0 Å². The second-order valence-electron chi connectivity index (χ2n) is 6.18. The minimum atomic E-state index is -0.346. The summed E-state index contributed by atoms with van der Waals surface area (Å²) in [5, 5.41) is 19.6. The highest BCUT2D eigenvalue weighted by atomic mass is 16.3. The van der Waals surface area contributed by atoms with Crippen LogP contribution in [0.1, 0.15) is 67.6 Å². The first kappa shape index (κ1) is 17.7. The molecular weight excluding hydrogens is 284 g/mol. The van der Waals surface area contributed by atoms with Gasteiger partial charge in [-0.25, -0.2) is 0 Å². The van der Waals surface area contributed by atoms with Crippen molar-refractivity contribution < 1.29 is 10.2 Å². The molecular formula is C21H28O2. The van der Waals surface area contributed by atoms with Crippen LogP contribution in [0.15, 0.2) is 48.5 Å². The van der Waals surface area contributed by atoms with E-state index in [-0.39, 0.29) is 12.2 Å². The SMILES string of the molecule is CCC(O)c1ccc(CCCc2ccc(C(O)CC)cc2)cc1. The summed E-state index contributed by atoms with van der Waals surface area (Å²) in [6.45, 7) is 3.98. The van der Waals surface area contributed by atoms with Crippen LogP contribution in [0.2, 0.25) is 0 Å². The topological polar surface area (TPSA) is 40.5 Å². The van der Waals surface area contributed by atoms with Crippen molar-refractivity contribution in [3.05, 3.63) is 70.8 Å². The molecule has 2 aromatic carbocycles. The Balaban J connectivity index is 1.82. The Labute approximate surface area is 139 Å². The molecule has 0 saturated heterocycles. The maximum absolute atomic E-state index is 9.81. The first-order valence-corrected chi connectivity index (χ1v) is 8.67. The summed E-state index contributed by atoms with van der Waals surface area (Å²) < 4.78 is 0. The molecule has 2 nitrogen and oxygen atoms in total. The molecule has 0 saturated carbocycles. The summed E-state index contributed by atoms with van der Waals surface area (Å²) in [5.41, 5.74) is 4.63. The van der Waals surface area contributed by atoms with E-state index in [4.69, 9.17) is 0 Å². The zero-order valence-corrected chi connectivity index (χ0v) is 14.2. The monoisotopic (exact) mass is 312 g/mol. The standard InChI is InChI=1S/C21H28O2/c1-3-20(22)18-12-8-16(9-13-18)6-5-7-17-10-14-19(15-11-17)21(23)4-2/h8-15,20-23H,3-7H2,1-2H3. The van der Waals surface area contributed by atoms with E-state index in [0.29, 0.717) is 0 Å². The fraction of sp³-hybridized carbons (Fsp3) is 0.429. The Hall–Kier alpha value is -1.64. The molecule has 2 N–H and O–H groups in total. The second-order valence-corrected chi connectivity index (χ2v) is 6.18. The fourth-order valence-corrected chi connectivity index (χ4v) is 2.78. The van der Waals surface area contributed by atoms with Crippen molar-refractivity contribution >= 4 is 0 Å². The quantitative estimate of drug-likeness (QED) is 0.738. The van der Waals surface area contributed by atoms with E-state index >= 15 is 0 Å². The summed E-state index contributed by atoms with van der Waals surface area (Å²) in [5.74, 6) is 0. The largest absolute Gasteiger partial charge is 0.388 e. The lowest BCUT2D eigenvalue weighted by atomic mass is 9.99. The number of hydrogen-bond donors (Lipinski definition) is 2. The number of aryl methyl sites for hydroxylation is 2. The van der Waals surface area contributed by atoms with Crippen LogP contribution in [-0.2, 0) is 12.8 Å². The van der Waals surface area contributed by atoms with Gasteiger partial charge in [-0.15, -0.1) is 0 Å². The molecule has 0 amide bonds. The smallest absolute Gasteiger partial charge is 0.0787 e. The Bertz CT molecular complexity index is 518. The maximum atomic E-state index is 9.81. The van der Waals surface area contributed by atoms with Gasteiger partial charge in [-0.3, -0.25) is 0 Å². The van der Waals surface area contributed by atoms with E-state index in [2.05, 4.69) is 24.3 Å². The third-order valence-electron chi connectivity index (χ3n) is 4.43. The van der Waals surface area contributed by atoms with Gasteiger partial charge in [0.25, 0.3) is 0 Å². The lowest BCUT2D eigenvalue weighted by Gasteiger charge is -2.10. The summed E-state index contributed by atoms with van der Waals surface area (Å²) in [7, 11) is 0. The molecule has 0 heterocycles. The van der Waals surface area contributed by atoms with Crippen molar-refractivity contribution in [3.8, 4) is 0 Å². The Morgan fingerprint density at radius 1 is 0.652 bits per heavy atom. The van der Waals surface area contributed by atoms with Crippen LogP contribution in [-0.4, -0.2) is 10.2 Å². The molecule has 0 aliphatic rings. The molecule has 0 aliphatic heterocycles. The molecule has 2 aromatic rings. The zero-order chi connectivity index (χ0) is 16.7. The lowest BCUT2D eigenvalue weighted by Crippen LogP contribution is -1.97. The summed E-state index contributed by atoms with van der Waals surface area (Å²) >= 11 is 0. The van der Waals surface area contributed by atoms with Crippen LogP contribution < -0.4 is 0 Å². The number of benzene rings is 2. The molecule has 23 heavy (non-hydrogen) atoms. The van der Waals surface area contributed by atoms with Crippen molar-refractivity contribution in [2.75, 3.05) is 0 Å². The van der Waals surface area contributed by atoms with Gasteiger partial charge in [0.2, 0.25) is 0 Å². The van der Waals surface area contributed by atoms with Crippen LogP contribution >= 0.6 is 0 Å². The van der Waals surface area contributed by atoms with Crippen molar-refractivity contribution in [1.82, 2.24) is 0 Å². The Kier molecular flexibility index (Phi) is 6.82. The van der Waals surface area contributed by atoms with Gasteiger partial charge in [0.15, 0.2) is 0 Å². The van der Waals surface area contributed by atoms with Gasteiger partial charge in [-0.05, 0) is 54.4 Å². The van der Waals surface area contributed by atoms with Gasteiger partial charge >= 0.3 is 0 Å². The van der Waals surface area contributed by atoms with E-state index in [1.54, 1.807) is 0 Å². The van der Waals surface area contributed by atoms with Crippen LogP contribution in [0.25, 0.3) is 0 Å². The molecule has 2 rings (SSSR count). The van der Waals surface area contributed by atoms with Gasteiger partial charge in [-0.2, -0.15) is 0 Å². The van der Waals surface area contributed by atoms with Crippen LogP contribution in [0, 0.1) is 0 Å². The third-order valence-corrected chi connectivity index (χ3v) is 4.43. The predicted molar refractivity (Wildman–Crippen MR) is 95.4 cm³/mol. The second kappa shape index (κ2) is 8.85. The lowest BCUT2D eigenvalue weighted by molar-refractivity contribution is 0.173. The molecule has 0 bridgehead atoms. The van der Waals surface area contributed by atoms with Crippen molar-refractivity contribution in [3.63, 3.8) is 0 Å². The summed E-state index contributed by atoms with van der Waals surface area (Å²) in [6, 6.07) is 16.6. The zero-order valence-electron chi connectivity index (χ0n) is 14.2. The molecule has 124 valence electrons. The predicted octanol–water partition coefficient (Wildman–Crippen LogP) is 4.75. The minimum Gasteiger partial charge on any atom is -0.388 e. The highest BCUT2D eigenvalue weighted by molar-refractivity contribution is 5.26. The maximum Gasteiger partial charge on any atom is 0.0787 e. The molecule has 2 heteroatoms. The van der Waals surface area contributed by atoms with E-state index in [0.717, 1.165) is 43.2 Å². The number of hydrogen-bond acceptors (Lipinski definition) is 2. The molecule has 0 fully saturated rings. The van der Waals surface area contributed by atoms with Crippen molar-refractivity contribution in [1.29, 1.82) is 0 Å². The Morgan fingerprint density at radius 2 is 1.00 bits per heavy atom. The third kappa shape index (κ3) is 5.19. The first-order chi connectivity index (χ1) is 11.1. The van der Waals surface area contributed by atoms with Gasteiger partial charge in [-0.1, -0.05) is 62.4 Å². The summed E-state index contributed by atoms with van der Waals surface area (Å²) in [4.78, 5) is 0. The average molecular weight is 312 g/mol. The molecule has 0 radical (unpaired) electrons. The van der Waals surface area contributed by atoms with Crippen LogP contribution in [0.4, 0.5) is 0 Å². The minimum absolute atomic E-state index is 0.346. The molecule has 0 spiro atoms. The highest BCUT2D eigenvalue weighted by Crippen LogP contribution is 2.19. The number of aliphatic hydroxyl groups excluding tert-OH is 2. The average Bonchev–Trinajstić information content (AvgIpc) is 2.61. The van der Waals surface area contributed by atoms with Gasteiger partial charge < -0.3 is 10.2 Å².